The molecule has 0 bridgehead atoms. The van der Waals surface area contributed by atoms with Crippen LogP contribution in [0.5, 0.6) is 0 Å². The first kappa shape index (κ1) is 22.3. The Balaban J connectivity index is 2.53. The van der Waals surface area contributed by atoms with Crippen molar-refractivity contribution in [3.63, 3.8) is 0 Å². The summed E-state index contributed by atoms with van der Waals surface area (Å²) < 4.78 is 10.1. The summed E-state index contributed by atoms with van der Waals surface area (Å²) in [5.41, 5.74) is 0.659. The highest BCUT2D eigenvalue weighted by atomic mass is 16.6. The molecule has 0 aliphatic carbocycles. The Morgan fingerprint density at radius 1 is 0.833 bits per heavy atom. The zero-order chi connectivity index (χ0) is 22.0. The molecule has 2 aromatic rings. The molecule has 0 radical (unpaired) electrons. The summed E-state index contributed by atoms with van der Waals surface area (Å²) in [4.78, 5) is 24.7. The van der Waals surface area contributed by atoms with E-state index in [9.17, 15) is 9.59 Å². The fourth-order valence-corrected chi connectivity index (χ4v) is 2.19. The molecule has 30 heavy (non-hydrogen) atoms. The van der Waals surface area contributed by atoms with Gasteiger partial charge in [0.25, 0.3) is 0 Å². The number of alkyl carbamates (subject to hydrolysis) is 1. The number of esters is 1. The van der Waals surface area contributed by atoms with E-state index in [1.54, 1.807) is 20.8 Å². The van der Waals surface area contributed by atoms with Crippen molar-refractivity contribution < 1.29 is 19.1 Å². The van der Waals surface area contributed by atoms with E-state index in [2.05, 4.69) is 29.0 Å². The van der Waals surface area contributed by atoms with Crippen molar-refractivity contribution in [2.45, 2.75) is 26.4 Å². The zero-order valence-corrected chi connectivity index (χ0v) is 17.4. The highest BCUT2D eigenvalue weighted by molar-refractivity contribution is 5.95. The van der Waals surface area contributed by atoms with Gasteiger partial charge >= 0.3 is 12.1 Å². The van der Waals surface area contributed by atoms with E-state index in [0.717, 1.165) is 11.1 Å². The minimum atomic E-state index is -0.802. The lowest BCUT2D eigenvalue weighted by molar-refractivity contribution is -0.136. The number of methoxy groups -OCH3 is 1. The number of hydrogen-bond acceptors (Lipinski definition) is 4. The SMILES string of the molecule is COC(=O)C(NC(=O)OC(C)(C)C)=C(C#Cc1ccccc1)C#Cc1ccccc1. The predicted molar refractivity (Wildman–Crippen MR) is 115 cm³/mol. The van der Waals surface area contributed by atoms with Crippen LogP contribution in [0.15, 0.2) is 71.9 Å². The number of nitrogens with one attached hydrogen (secondary N) is 1. The van der Waals surface area contributed by atoms with Crippen molar-refractivity contribution >= 4 is 12.1 Å². The highest BCUT2D eigenvalue weighted by Crippen LogP contribution is 2.10. The quantitative estimate of drug-likeness (QED) is 0.469. The van der Waals surface area contributed by atoms with Crippen LogP contribution in [0, 0.1) is 23.7 Å². The first-order valence-corrected chi connectivity index (χ1v) is 9.25. The first-order valence-electron chi connectivity index (χ1n) is 9.25. The van der Waals surface area contributed by atoms with Crippen molar-refractivity contribution in [2.75, 3.05) is 7.11 Å². The molecule has 0 fully saturated rings. The second-order valence-electron chi connectivity index (χ2n) is 7.10. The number of carbonyl (C=O) groups is 2. The second-order valence-corrected chi connectivity index (χ2v) is 7.10. The van der Waals surface area contributed by atoms with Gasteiger partial charge in [-0.15, -0.1) is 0 Å². The molecule has 0 atom stereocenters. The van der Waals surface area contributed by atoms with Gasteiger partial charge in [0.1, 0.15) is 11.2 Å². The van der Waals surface area contributed by atoms with Gasteiger partial charge in [0, 0.05) is 11.1 Å². The Morgan fingerprint density at radius 3 is 1.70 bits per heavy atom. The molecule has 0 unspecified atom stereocenters. The van der Waals surface area contributed by atoms with Crippen LogP contribution >= 0.6 is 0 Å². The Kier molecular flexibility index (Phi) is 7.85. The van der Waals surface area contributed by atoms with E-state index in [0.29, 0.717) is 0 Å². The van der Waals surface area contributed by atoms with Crippen molar-refractivity contribution in [2.24, 2.45) is 0 Å². The standard InChI is InChI=1S/C25H23NO4/c1-25(2,3)30-24(28)26-22(23(27)29-4)21(17-15-19-11-7-5-8-12-19)18-16-20-13-9-6-10-14-20/h5-14H,1-4H3,(H,26,28). The molecule has 2 rings (SSSR count). The van der Waals surface area contributed by atoms with E-state index in [-0.39, 0.29) is 11.3 Å². The van der Waals surface area contributed by atoms with Gasteiger partial charge in [-0.3, -0.25) is 5.32 Å². The minimum absolute atomic E-state index is 0.111. The Hall–Kier alpha value is -3.96. The molecule has 0 aromatic heterocycles. The number of benzene rings is 2. The van der Waals surface area contributed by atoms with E-state index < -0.39 is 17.7 Å². The predicted octanol–water partition coefficient (Wildman–Crippen LogP) is 4.04. The third-order valence-corrected chi connectivity index (χ3v) is 3.48. The Morgan fingerprint density at radius 2 is 1.30 bits per heavy atom. The topological polar surface area (TPSA) is 64.6 Å². The van der Waals surface area contributed by atoms with Crippen LogP contribution < -0.4 is 5.32 Å². The average molecular weight is 401 g/mol. The molecule has 0 aliphatic heterocycles. The lowest BCUT2D eigenvalue weighted by Gasteiger charge is -2.20. The second kappa shape index (κ2) is 10.5. The van der Waals surface area contributed by atoms with E-state index in [1.165, 1.54) is 7.11 Å². The molecule has 1 amide bonds. The van der Waals surface area contributed by atoms with Crippen molar-refractivity contribution in [3.05, 3.63) is 83.1 Å². The summed E-state index contributed by atoms with van der Waals surface area (Å²) in [6.45, 7) is 5.16. The van der Waals surface area contributed by atoms with Crippen molar-refractivity contribution in [3.8, 4) is 23.7 Å². The van der Waals surface area contributed by atoms with Crippen LogP contribution in [-0.2, 0) is 14.3 Å². The summed E-state index contributed by atoms with van der Waals surface area (Å²) >= 11 is 0. The number of carbonyl (C=O) groups excluding carboxylic acids is 2. The molecule has 0 heterocycles. The third-order valence-electron chi connectivity index (χ3n) is 3.48. The summed E-state index contributed by atoms with van der Waals surface area (Å²) in [7, 11) is 1.21. The third kappa shape index (κ3) is 7.58. The zero-order valence-electron chi connectivity index (χ0n) is 17.4. The lowest BCUT2D eigenvalue weighted by Crippen LogP contribution is -2.35. The number of rotatable bonds is 2. The molecule has 2 aromatic carbocycles. The fraction of sp³-hybridized carbons (Fsp3) is 0.200. The maximum absolute atomic E-state index is 12.4. The lowest BCUT2D eigenvalue weighted by atomic mass is 10.1. The monoisotopic (exact) mass is 401 g/mol. The van der Waals surface area contributed by atoms with Crippen LogP contribution in [0.1, 0.15) is 31.9 Å². The van der Waals surface area contributed by atoms with Gasteiger partial charge in [-0.1, -0.05) is 48.2 Å². The molecule has 5 heteroatoms. The van der Waals surface area contributed by atoms with Gasteiger partial charge in [0.05, 0.1) is 7.11 Å². The molecule has 0 saturated carbocycles. The van der Waals surface area contributed by atoms with Gasteiger partial charge in [-0.25, -0.2) is 9.59 Å². The van der Waals surface area contributed by atoms with Gasteiger partial charge < -0.3 is 9.47 Å². The van der Waals surface area contributed by atoms with Crippen LogP contribution in [0.4, 0.5) is 4.79 Å². The van der Waals surface area contributed by atoms with Crippen LogP contribution in [-0.4, -0.2) is 24.8 Å². The maximum Gasteiger partial charge on any atom is 0.412 e. The van der Waals surface area contributed by atoms with Crippen molar-refractivity contribution in [1.82, 2.24) is 5.32 Å². The Labute approximate surface area is 177 Å². The molecule has 1 N–H and O–H groups in total. The molecular weight excluding hydrogens is 378 g/mol. The number of allylic oxidation sites excluding steroid dienone is 1. The molecule has 0 saturated heterocycles. The average Bonchev–Trinajstić information content (AvgIpc) is 2.72. The Bertz CT molecular complexity index is 981. The molecule has 0 aliphatic rings. The van der Waals surface area contributed by atoms with E-state index >= 15 is 0 Å². The number of hydrogen-bond donors (Lipinski definition) is 1. The van der Waals surface area contributed by atoms with Gasteiger partial charge in [0.15, 0.2) is 5.70 Å². The molecule has 152 valence electrons. The molecule has 0 spiro atoms. The van der Waals surface area contributed by atoms with Crippen LogP contribution in [0.2, 0.25) is 0 Å². The first-order chi connectivity index (χ1) is 14.3. The fourth-order valence-electron chi connectivity index (χ4n) is 2.19. The minimum Gasteiger partial charge on any atom is -0.464 e. The van der Waals surface area contributed by atoms with E-state index in [1.807, 2.05) is 60.7 Å². The van der Waals surface area contributed by atoms with Crippen molar-refractivity contribution in [1.29, 1.82) is 0 Å². The molecular formula is C25H23NO4. The normalized spacial score (nSPS) is 9.73. The smallest absolute Gasteiger partial charge is 0.412 e. The molecule has 5 nitrogen and oxygen atoms in total. The van der Waals surface area contributed by atoms with Crippen LogP contribution in [0.3, 0.4) is 0 Å². The maximum atomic E-state index is 12.4. The summed E-state index contributed by atoms with van der Waals surface area (Å²) in [6.07, 6.45) is -0.802. The number of ether oxygens (including phenoxy) is 2. The van der Waals surface area contributed by atoms with Gasteiger partial charge in [0.2, 0.25) is 0 Å². The van der Waals surface area contributed by atoms with Gasteiger partial charge in [-0.05, 0) is 56.9 Å². The van der Waals surface area contributed by atoms with E-state index in [4.69, 9.17) is 9.47 Å². The largest absolute Gasteiger partial charge is 0.464 e. The summed E-state index contributed by atoms with van der Waals surface area (Å²) in [6, 6.07) is 18.5. The summed E-state index contributed by atoms with van der Waals surface area (Å²) in [5.74, 6) is 10.9. The van der Waals surface area contributed by atoms with Gasteiger partial charge in [-0.2, -0.15) is 0 Å². The van der Waals surface area contributed by atoms with Crippen LogP contribution in [0.25, 0.3) is 0 Å². The number of amides is 1. The highest BCUT2D eigenvalue weighted by Gasteiger charge is 2.22. The summed E-state index contributed by atoms with van der Waals surface area (Å²) in [5, 5.41) is 2.44.